The Bertz CT molecular complexity index is 614. The van der Waals surface area contributed by atoms with Crippen molar-refractivity contribution in [1.29, 1.82) is 0 Å². The first-order chi connectivity index (χ1) is 10.1. The molecule has 0 radical (unpaired) electrons. The number of hydrogen-bond acceptors (Lipinski definition) is 3. The van der Waals surface area contributed by atoms with Crippen molar-refractivity contribution in [2.45, 2.75) is 33.7 Å². The van der Waals surface area contributed by atoms with E-state index in [0.717, 1.165) is 52.3 Å². The van der Waals surface area contributed by atoms with Crippen LogP contribution in [0.3, 0.4) is 0 Å². The zero-order chi connectivity index (χ0) is 15.2. The minimum atomic E-state index is 0.767. The van der Waals surface area contributed by atoms with E-state index in [1.54, 1.807) is 0 Å². The zero-order valence-corrected chi connectivity index (χ0v) is 14.3. The van der Waals surface area contributed by atoms with Crippen molar-refractivity contribution >= 4 is 15.9 Å². The van der Waals surface area contributed by atoms with Crippen molar-refractivity contribution in [2.24, 2.45) is 0 Å². The zero-order valence-electron chi connectivity index (χ0n) is 12.7. The Morgan fingerprint density at radius 1 is 1.19 bits per heavy atom. The van der Waals surface area contributed by atoms with Gasteiger partial charge in [0.25, 0.3) is 0 Å². The van der Waals surface area contributed by atoms with Gasteiger partial charge in [0.15, 0.2) is 0 Å². The SMILES string of the molecule is CCCNCc1cnc(C)cc1Oc1cc(Br)ccc1C. The number of halogens is 1. The first-order valence-corrected chi connectivity index (χ1v) is 7.99. The van der Waals surface area contributed by atoms with Crippen LogP contribution < -0.4 is 10.1 Å². The van der Waals surface area contributed by atoms with E-state index in [-0.39, 0.29) is 0 Å². The van der Waals surface area contributed by atoms with Gasteiger partial charge in [-0.05, 0) is 44.5 Å². The van der Waals surface area contributed by atoms with Crippen LogP contribution in [0.5, 0.6) is 11.5 Å². The number of aryl methyl sites for hydroxylation is 2. The van der Waals surface area contributed by atoms with Crippen LogP contribution in [0.15, 0.2) is 34.9 Å². The van der Waals surface area contributed by atoms with Crippen LogP contribution in [0.2, 0.25) is 0 Å². The summed E-state index contributed by atoms with van der Waals surface area (Å²) in [5.74, 6) is 1.74. The minimum absolute atomic E-state index is 0.767. The van der Waals surface area contributed by atoms with Gasteiger partial charge in [0.2, 0.25) is 0 Å². The lowest BCUT2D eigenvalue weighted by molar-refractivity contribution is 0.467. The highest BCUT2D eigenvalue weighted by Gasteiger charge is 2.08. The maximum absolute atomic E-state index is 6.12. The molecule has 21 heavy (non-hydrogen) atoms. The Morgan fingerprint density at radius 3 is 2.76 bits per heavy atom. The molecule has 0 saturated carbocycles. The normalized spacial score (nSPS) is 10.7. The predicted octanol–water partition coefficient (Wildman–Crippen LogP) is 4.75. The summed E-state index contributed by atoms with van der Waals surface area (Å²) in [4.78, 5) is 4.37. The molecule has 112 valence electrons. The molecule has 0 unspecified atom stereocenters. The summed E-state index contributed by atoms with van der Waals surface area (Å²) in [5, 5.41) is 3.39. The monoisotopic (exact) mass is 348 g/mol. The molecular formula is C17H21BrN2O. The maximum atomic E-state index is 6.12. The number of aromatic nitrogens is 1. The van der Waals surface area contributed by atoms with Crippen LogP contribution in [-0.4, -0.2) is 11.5 Å². The summed E-state index contributed by atoms with van der Waals surface area (Å²) in [6, 6.07) is 8.05. The molecule has 1 aromatic heterocycles. The van der Waals surface area contributed by atoms with Gasteiger partial charge in [0.1, 0.15) is 11.5 Å². The van der Waals surface area contributed by atoms with Gasteiger partial charge >= 0.3 is 0 Å². The van der Waals surface area contributed by atoms with E-state index in [1.165, 1.54) is 0 Å². The number of rotatable bonds is 6. The lowest BCUT2D eigenvalue weighted by atomic mass is 10.2. The molecule has 1 N–H and O–H groups in total. The van der Waals surface area contributed by atoms with Gasteiger partial charge in [-0.1, -0.05) is 28.9 Å². The number of pyridine rings is 1. The van der Waals surface area contributed by atoms with Gasteiger partial charge in [-0.25, -0.2) is 0 Å². The topological polar surface area (TPSA) is 34.2 Å². The van der Waals surface area contributed by atoms with Crippen molar-refractivity contribution in [1.82, 2.24) is 10.3 Å². The smallest absolute Gasteiger partial charge is 0.135 e. The third kappa shape index (κ3) is 4.55. The molecule has 0 aliphatic carbocycles. The van der Waals surface area contributed by atoms with E-state index in [1.807, 2.05) is 44.3 Å². The van der Waals surface area contributed by atoms with E-state index in [9.17, 15) is 0 Å². The van der Waals surface area contributed by atoms with Crippen molar-refractivity contribution in [3.8, 4) is 11.5 Å². The lowest BCUT2D eigenvalue weighted by Crippen LogP contribution is -2.14. The Kier molecular flexibility index (Phi) is 5.76. The minimum Gasteiger partial charge on any atom is -0.457 e. The van der Waals surface area contributed by atoms with Crippen molar-refractivity contribution in [3.05, 3.63) is 51.8 Å². The molecule has 0 atom stereocenters. The fourth-order valence-electron chi connectivity index (χ4n) is 1.99. The Labute approximate surface area is 134 Å². The predicted molar refractivity (Wildman–Crippen MR) is 89.9 cm³/mol. The van der Waals surface area contributed by atoms with E-state index >= 15 is 0 Å². The average Bonchev–Trinajstić information content (AvgIpc) is 2.45. The quantitative estimate of drug-likeness (QED) is 0.764. The fourth-order valence-corrected chi connectivity index (χ4v) is 2.33. The Balaban J connectivity index is 2.25. The Morgan fingerprint density at radius 2 is 2.00 bits per heavy atom. The van der Waals surface area contributed by atoms with Gasteiger partial charge < -0.3 is 10.1 Å². The number of hydrogen-bond donors (Lipinski definition) is 1. The Hall–Kier alpha value is -1.39. The lowest BCUT2D eigenvalue weighted by Gasteiger charge is -2.14. The van der Waals surface area contributed by atoms with Gasteiger partial charge in [-0.2, -0.15) is 0 Å². The van der Waals surface area contributed by atoms with Gasteiger partial charge in [0.05, 0.1) is 0 Å². The molecule has 0 saturated heterocycles. The molecule has 0 aliphatic rings. The second-order valence-electron chi connectivity index (χ2n) is 5.12. The molecule has 0 spiro atoms. The van der Waals surface area contributed by atoms with E-state index < -0.39 is 0 Å². The molecule has 1 aromatic carbocycles. The summed E-state index contributed by atoms with van der Waals surface area (Å²) in [7, 11) is 0. The second kappa shape index (κ2) is 7.57. The summed E-state index contributed by atoms with van der Waals surface area (Å²) in [6.07, 6.45) is 3.00. The van der Waals surface area contributed by atoms with Crippen molar-refractivity contribution < 1.29 is 4.74 Å². The highest BCUT2D eigenvalue weighted by Crippen LogP contribution is 2.30. The van der Waals surface area contributed by atoms with Crippen LogP contribution in [0, 0.1) is 13.8 Å². The van der Waals surface area contributed by atoms with E-state index in [4.69, 9.17) is 4.74 Å². The molecule has 0 bridgehead atoms. The average molecular weight is 349 g/mol. The summed E-state index contributed by atoms with van der Waals surface area (Å²) in [5.41, 5.74) is 3.14. The molecule has 1 heterocycles. The first kappa shape index (κ1) is 16.0. The fraction of sp³-hybridized carbons (Fsp3) is 0.353. The molecular weight excluding hydrogens is 328 g/mol. The number of nitrogens with zero attached hydrogens (tertiary/aromatic N) is 1. The van der Waals surface area contributed by atoms with Gasteiger partial charge in [0, 0.05) is 34.5 Å². The van der Waals surface area contributed by atoms with E-state index in [2.05, 4.69) is 33.2 Å². The van der Waals surface area contributed by atoms with E-state index in [0.29, 0.717) is 0 Å². The number of nitrogens with one attached hydrogen (secondary N) is 1. The van der Waals surface area contributed by atoms with Crippen LogP contribution in [0.25, 0.3) is 0 Å². The largest absolute Gasteiger partial charge is 0.457 e. The molecule has 0 fully saturated rings. The van der Waals surface area contributed by atoms with Gasteiger partial charge in [-0.15, -0.1) is 0 Å². The number of ether oxygens (including phenoxy) is 1. The molecule has 0 aliphatic heterocycles. The first-order valence-electron chi connectivity index (χ1n) is 7.20. The van der Waals surface area contributed by atoms with Crippen molar-refractivity contribution in [2.75, 3.05) is 6.54 Å². The van der Waals surface area contributed by atoms with Crippen LogP contribution in [0.1, 0.15) is 30.2 Å². The summed E-state index contributed by atoms with van der Waals surface area (Å²) >= 11 is 3.49. The molecule has 2 aromatic rings. The van der Waals surface area contributed by atoms with Crippen LogP contribution in [-0.2, 0) is 6.54 Å². The second-order valence-corrected chi connectivity index (χ2v) is 6.04. The molecule has 3 nitrogen and oxygen atoms in total. The highest BCUT2D eigenvalue weighted by atomic mass is 79.9. The third-order valence-corrected chi connectivity index (χ3v) is 3.69. The van der Waals surface area contributed by atoms with Crippen molar-refractivity contribution in [3.63, 3.8) is 0 Å². The van der Waals surface area contributed by atoms with Gasteiger partial charge in [-0.3, -0.25) is 4.98 Å². The third-order valence-electron chi connectivity index (χ3n) is 3.19. The van der Waals surface area contributed by atoms with Crippen LogP contribution in [0.4, 0.5) is 0 Å². The molecule has 2 rings (SSSR count). The highest BCUT2D eigenvalue weighted by molar-refractivity contribution is 9.10. The maximum Gasteiger partial charge on any atom is 0.135 e. The molecule has 0 amide bonds. The van der Waals surface area contributed by atoms with Crippen LogP contribution >= 0.6 is 15.9 Å². The summed E-state index contributed by atoms with van der Waals surface area (Å²) in [6.45, 7) is 7.93. The number of benzene rings is 1. The summed E-state index contributed by atoms with van der Waals surface area (Å²) < 4.78 is 7.14. The molecule has 4 heteroatoms. The standard InChI is InChI=1S/C17H21BrN2O/c1-4-7-19-10-14-11-20-13(3)8-17(14)21-16-9-15(18)6-5-12(16)2/h5-6,8-9,11,19H,4,7,10H2,1-3H3.